The summed E-state index contributed by atoms with van der Waals surface area (Å²) in [6.07, 6.45) is 1.67. The molecule has 2 aromatic carbocycles. The lowest BCUT2D eigenvalue weighted by Crippen LogP contribution is -2.36. The number of nitrogens with one attached hydrogen (secondary N) is 1. The number of aromatic nitrogens is 1. The number of anilines is 1. The van der Waals surface area contributed by atoms with Crippen LogP contribution in [-0.4, -0.2) is 36.8 Å². The summed E-state index contributed by atoms with van der Waals surface area (Å²) >= 11 is 0. The number of morpholine rings is 1. The molecule has 6 nitrogen and oxygen atoms in total. The maximum absolute atomic E-state index is 12.6. The van der Waals surface area contributed by atoms with Gasteiger partial charge in [-0.2, -0.15) is 5.26 Å². The minimum atomic E-state index is -0.374. The number of rotatable bonds is 6. The zero-order chi connectivity index (χ0) is 23.2. The van der Waals surface area contributed by atoms with Crippen LogP contribution in [-0.2, 0) is 16.1 Å². The summed E-state index contributed by atoms with van der Waals surface area (Å²) in [6.45, 7) is 7.74. The van der Waals surface area contributed by atoms with Gasteiger partial charge in [0.2, 0.25) is 0 Å². The third-order valence-electron chi connectivity index (χ3n) is 5.92. The Morgan fingerprint density at radius 3 is 2.39 bits per heavy atom. The Kier molecular flexibility index (Phi) is 6.92. The van der Waals surface area contributed by atoms with E-state index in [-0.39, 0.29) is 11.5 Å². The first-order valence-corrected chi connectivity index (χ1v) is 11.1. The van der Waals surface area contributed by atoms with Crippen molar-refractivity contribution in [2.24, 2.45) is 0 Å². The number of ether oxygens (including phenoxy) is 1. The molecule has 6 heteroatoms. The average molecular weight is 441 g/mol. The van der Waals surface area contributed by atoms with Crippen LogP contribution in [0.4, 0.5) is 5.69 Å². The maximum Gasteiger partial charge on any atom is 0.262 e. The first-order valence-electron chi connectivity index (χ1n) is 11.1. The number of benzene rings is 2. The van der Waals surface area contributed by atoms with Gasteiger partial charge < -0.3 is 19.5 Å². The Morgan fingerprint density at radius 1 is 1.06 bits per heavy atom. The Labute approximate surface area is 194 Å². The molecule has 1 aromatic heterocycles. The van der Waals surface area contributed by atoms with E-state index in [1.165, 1.54) is 5.69 Å². The molecule has 0 aliphatic carbocycles. The molecule has 1 N–H and O–H groups in total. The predicted molar refractivity (Wildman–Crippen MR) is 130 cm³/mol. The first-order chi connectivity index (χ1) is 16.1. The van der Waals surface area contributed by atoms with Gasteiger partial charge in [0.25, 0.3) is 5.91 Å². The Bertz CT molecular complexity index is 1180. The highest BCUT2D eigenvalue weighted by Gasteiger charge is 2.15. The molecule has 0 spiro atoms. The number of carbonyl (C=O) groups is 1. The molecular weight excluding hydrogens is 412 g/mol. The summed E-state index contributed by atoms with van der Waals surface area (Å²) < 4.78 is 7.59. The van der Waals surface area contributed by atoms with Gasteiger partial charge in [-0.15, -0.1) is 0 Å². The van der Waals surface area contributed by atoms with E-state index in [0.29, 0.717) is 6.54 Å². The quantitative estimate of drug-likeness (QED) is 0.462. The van der Waals surface area contributed by atoms with Crippen LogP contribution in [0.1, 0.15) is 22.5 Å². The second kappa shape index (κ2) is 10.2. The fourth-order valence-electron chi connectivity index (χ4n) is 4.14. The smallest absolute Gasteiger partial charge is 0.262 e. The summed E-state index contributed by atoms with van der Waals surface area (Å²) in [5.74, 6) is -0.374. The molecule has 0 radical (unpaired) electrons. The third kappa shape index (κ3) is 5.16. The van der Waals surface area contributed by atoms with Crippen LogP contribution >= 0.6 is 0 Å². The average Bonchev–Trinajstić information content (AvgIpc) is 3.14. The highest BCUT2D eigenvalue weighted by Crippen LogP contribution is 2.25. The van der Waals surface area contributed by atoms with Gasteiger partial charge in [-0.3, -0.25) is 4.79 Å². The molecular formula is C27H28N4O2. The fourth-order valence-corrected chi connectivity index (χ4v) is 4.14. The Hall–Kier alpha value is -3.82. The van der Waals surface area contributed by atoms with E-state index < -0.39 is 0 Å². The molecule has 2 heterocycles. The molecule has 0 atom stereocenters. The molecule has 1 saturated heterocycles. The molecule has 4 rings (SSSR count). The van der Waals surface area contributed by atoms with E-state index in [2.05, 4.69) is 45.1 Å². The third-order valence-corrected chi connectivity index (χ3v) is 5.92. The lowest BCUT2D eigenvalue weighted by Gasteiger charge is -2.29. The topological polar surface area (TPSA) is 70.3 Å². The van der Waals surface area contributed by atoms with Gasteiger partial charge >= 0.3 is 0 Å². The number of hydrogen-bond acceptors (Lipinski definition) is 4. The van der Waals surface area contributed by atoms with E-state index in [1.54, 1.807) is 6.08 Å². The minimum Gasteiger partial charge on any atom is -0.378 e. The van der Waals surface area contributed by atoms with Crippen molar-refractivity contribution in [3.05, 3.63) is 88.8 Å². The Balaban J connectivity index is 1.53. The lowest BCUT2D eigenvalue weighted by atomic mass is 10.1. The van der Waals surface area contributed by atoms with Gasteiger partial charge in [-0.05, 0) is 61.4 Å². The van der Waals surface area contributed by atoms with Crippen molar-refractivity contribution in [2.75, 3.05) is 31.2 Å². The van der Waals surface area contributed by atoms with E-state index in [0.717, 1.165) is 54.5 Å². The minimum absolute atomic E-state index is 0.0915. The van der Waals surface area contributed by atoms with Crippen molar-refractivity contribution in [3.63, 3.8) is 0 Å². The van der Waals surface area contributed by atoms with Crippen molar-refractivity contribution in [2.45, 2.75) is 20.4 Å². The van der Waals surface area contributed by atoms with Crippen LogP contribution < -0.4 is 10.2 Å². The van der Waals surface area contributed by atoms with Crippen LogP contribution in [0.2, 0.25) is 0 Å². The van der Waals surface area contributed by atoms with Crippen molar-refractivity contribution in [1.82, 2.24) is 9.88 Å². The predicted octanol–water partition coefficient (Wildman–Crippen LogP) is 4.15. The highest BCUT2D eigenvalue weighted by molar-refractivity contribution is 6.01. The summed E-state index contributed by atoms with van der Waals surface area (Å²) in [6, 6.07) is 22.2. The summed E-state index contributed by atoms with van der Waals surface area (Å²) in [4.78, 5) is 14.9. The first kappa shape index (κ1) is 22.4. The van der Waals surface area contributed by atoms with Crippen LogP contribution in [0.5, 0.6) is 0 Å². The van der Waals surface area contributed by atoms with Gasteiger partial charge in [-0.1, -0.05) is 30.3 Å². The molecule has 3 aromatic rings. The standard InChI is InChI=1S/C27H28N4O2/c1-20-16-23(17-24(18-28)27(32)29-19-22-6-4-3-5-7-22)21(2)31(20)26-10-8-25(9-11-26)30-12-14-33-15-13-30/h3-11,16-17H,12-15,19H2,1-2H3,(H,29,32)/b24-17-. The molecule has 33 heavy (non-hydrogen) atoms. The molecule has 1 aliphatic rings. The van der Waals surface area contributed by atoms with Gasteiger partial charge in [0.15, 0.2) is 0 Å². The molecule has 1 fully saturated rings. The molecule has 1 amide bonds. The van der Waals surface area contributed by atoms with Gasteiger partial charge in [-0.25, -0.2) is 0 Å². The van der Waals surface area contributed by atoms with E-state index >= 15 is 0 Å². The number of hydrogen-bond donors (Lipinski definition) is 1. The normalized spacial score (nSPS) is 14.1. The van der Waals surface area contributed by atoms with Crippen molar-refractivity contribution >= 4 is 17.7 Å². The van der Waals surface area contributed by atoms with Crippen LogP contribution in [0.3, 0.4) is 0 Å². The summed E-state index contributed by atoms with van der Waals surface area (Å²) in [5, 5.41) is 12.4. The molecule has 1 aliphatic heterocycles. The highest BCUT2D eigenvalue weighted by atomic mass is 16.5. The molecule has 168 valence electrons. The zero-order valence-corrected chi connectivity index (χ0v) is 19.0. The molecule has 0 unspecified atom stereocenters. The zero-order valence-electron chi connectivity index (χ0n) is 19.0. The summed E-state index contributed by atoms with van der Waals surface area (Å²) in [7, 11) is 0. The van der Waals surface area contributed by atoms with Crippen molar-refractivity contribution < 1.29 is 9.53 Å². The van der Waals surface area contributed by atoms with Gasteiger partial charge in [0.05, 0.1) is 13.2 Å². The molecule has 0 bridgehead atoms. The van der Waals surface area contributed by atoms with Crippen LogP contribution in [0, 0.1) is 25.2 Å². The fraction of sp³-hybridized carbons (Fsp3) is 0.259. The van der Waals surface area contributed by atoms with Crippen molar-refractivity contribution in [1.29, 1.82) is 5.26 Å². The maximum atomic E-state index is 12.6. The monoisotopic (exact) mass is 440 g/mol. The van der Waals surface area contributed by atoms with Crippen molar-refractivity contribution in [3.8, 4) is 11.8 Å². The number of nitriles is 1. The van der Waals surface area contributed by atoms with Crippen LogP contribution in [0.15, 0.2) is 66.2 Å². The van der Waals surface area contributed by atoms with Crippen LogP contribution in [0.25, 0.3) is 11.8 Å². The Morgan fingerprint density at radius 2 is 1.73 bits per heavy atom. The van der Waals surface area contributed by atoms with E-state index in [1.807, 2.05) is 50.2 Å². The summed E-state index contributed by atoms with van der Waals surface area (Å²) in [5.41, 5.74) is 6.20. The largest absolute Gasteiger partial charge is 0.378 e. The second-order valence-corrected chi connectivity index (χ2v) is 8.12. The number of amides is 1. The number of carbonyl (C=O) groups excluding carboxylic acids is 1. The van der Waals surface area contributed by atoms with Gasteiger partial charge in [0, 0.05) is 42.4 Å². The van der Waals surface area contributed by atoms with Gasteiger partial charge in [0.1, 0.15) is 11.6 Å². The number of nitrogens with zero attached hydrogens (tertiary/aromatic N) is 3. The number of aryl methyl sites for hydroxylation is 1. The van der Waals surface area contributed by atoms with E-state index in [9.17, 15) is 10.1 Å². The SMILES string of the molecule is Cc1cc(/C=C(/C#N)C(=O)NCc2ccccc2)c(C)n1-c1ccc(N2CCOCC2)cc1. The second-order valence-electron chi connectivity index (χ2n) is 8.12. The molecule has 0 saturated carbocycles. The van der Waals surface area contributed by atoms with E-state index in [4.69, 9.17) is 4.74 Å². The lowest BCUT2D eigenvalue weighted by molar-refractivity contribution is -0.117.